The standard InChI is InChI=1S/C44H52O4/c1-39(2,3)31-15-25-13-27-17-33(41(7,8)9)24-44(37(27)45)22-30-20-32(40(4,5)6)16-26(36(30)48-44)14-28-18-34(42(10,11)12)23-43(38(28)46)21-29(19-31)35(25)47-43/h15-20,23-24H,13-14,21-22H2,1-12H3. The zero-order valence-corrected chi connectivity index (χ0v) is 31.1. The van der Waals surface area contributed by atoms with Crippen molar-refractivity contribution in [1.82, 2.24) is 0 Å². The van der Waals surface area contributed by atoms with Gasteiger partial charge in [0.2, 0.25) is 11.6 Å². The summed E-state index contributed by atoms with van der Waals surface area (Å²) in [5, 5.41) is 0. The lowest BCUT2D eigenvalue weighted by molar-refractivity contribution is -0.127. The van der Waals surface area contributed by atoms with Crippen molar-refractivity contribution >= 4 is 11.6 Å². The minimum atomic E-state index is -1.14. The van der Waals surface area contributed by atoms with Gasteiger partial charge in [-0.3, -0.25) is 9.59 Å². The lowest BCUT2D eigenvalue weighted by atomic mass is 9.72. The summed E-state index contributed by atoms with van der Waals surface area (Å²) in [6, 6.07) is 8.87. The van der Waals surface area contributed by atoms with Crippen LogP contribution in [-0.4, -0.2) is 22.8 Å². The number of ketones is 2. The van der Waals surface area contributed by atoms with Crippen LogP contribution in [0, 0.1) is 10.8 Å². The summed E-state index contributed by atoms with van der Waals surface area (Å²) in [5.41, 5.74) is 7.06. The first-order valence-corrected chi connectivity index (χ1v) is 17.7. The van der Waals surface area contributed by atoms with E-state index in [1.165, 1.54) is 11.1 Å². The Balaban J connectivity index is 1.53. The zero-order chi connectivity index (χ0) is 35.0. The molecular formula is C44H52O4. The summed E-state index contributed by atoms with van der Waals surface area (Å²) in [6.45, 7) is 26.5. The molecular weight excluding hydrogens is 592 g/mol. The maximum Gasteiger partial charge on any atom is 0.207 e. The fraction of sp³-hybridized carbons (Fsp3) is 0.500. The van der Waals surface area contributed by atoms with Crippen LogP contribution >= 0.6 is 0 Å². The van der Waals surface area contributed by atoms with Crippen LogP contribution in [0.3, 0.4) is 0 Å². The van der Waals surface area contributed by atoms with E-state index in [0.717, 1.165) is 56.0 Å². The highest BCUT2D eigenvalue weighted by Gasteiger charge is 2.53. The number of ether oxygens (including phenoxy) is 2. The van der Waals surface area contributed by atoms with Gasteiger partial charge in [-0.2, -0.15) is 0 Å². The van der Waals surface area contributed by atoms with Crippen molar-refractivity contribution in [3.63, 3.8) is 0 Å². The van der Waals surface area contributed by atoms with Crippen LogP contribution in [0.2, 0.25) is 0 Å². The van der Waals surface area contributed by atoms with Gasteiger partial charge in [-0.1, -0.05) is 120 Å². The molecule has 2 spiro atoms. The second kappa shape index (κ2) is 9.96. The van der Waals surface area contributed by atoms with E-state index in [9.17, 15) is 9.59 Å². The Bertz CT molecular complexity index is 1790. The highest BCUT2D eigenvalue weighted by molar-refractivity contribution is 6.08. The first-order chi connectivity index (χ1) is 22.0. The number of fused-ring (bicyclic) bond motifs is 2. The molecule has 2 aromatic carbocycles. The first-order valence-electron chi connectivity index (χ1n) is 17.7. The Morgan fingerprint density at radius 2 is 0.833 bits per heavy atom. The van der Waals surface area contributed by atoms with E-state index < -0.39 is 11.2 Å². The van der Waals surface area contributed by atoms with Crippen LogP contribution in [0.1, 0.15) is 116 Å². The largest absolute Gasteiger partial charge is 0.474 e. The number of hydrogen-bond donors (Lipinski definition) is 0. The Morgan fingerprint density at radius 3 is 1.15 bits per heavy atom. The molecule has 0 N–H and O–H groups in total. The molecule has 252 valence electrons. The molecule has 0 aromatic heterocycles. The number of rotatable bonds is 0. The van der Waals surface area contributed by atoms with Crippen LogP contribution in [-0.2, 0) is 46.1 Å². The van der Waals surface area contributed by atoms with E-state index in [2.05, 4.69) is 132 Å². The third-order valence-electron chi connectivity index (χ3n) is 11.0. The fourth-order valence-corrected chi connectivity index (χ4v) is 7.88. The maximum absolute atomic E-state index is 14.9. The second-order valence-corrected chi connectivity index (χ2v) is 19.1. The topological polar surface area (TPSA) is 52.6 Å². The SMILES string of the molecule is CC(C)(C)C1=CC23Cc4cc(C(C)(C)C)cc(c4O2)CC2=CC(C(C)(C)C)=CC4(Cc5cc(C(C)(C)C)cc(c5O4)CC(=C1)C3=O)C2=O. The van der Waals surface area contributed by atoms with Crippen molar-refractivity contribution in [2.75, 3.05) is 0 Å². The Hall–Kier alpha value is -3.66. The quantitative estimate of drug-likeness (QED) is 0.287. The number of benzene rings is 2. The summed E-state index contributed by atoms with van der Waals surface area (Å²) >= 11 is 0. The molecule has 2 aromatic rings. The molecule has 48 heavy (non-hydrogen) atoms. The highest BCUT2D eigenvalue weighted by Crippen LogP contribution is 2.51. The van der Waals surface area contributed by atoms with Gasteiger partial charge in [0, 0.05) is 36.8 Å². The molecule has 4 heteroatoms. The molecule has 2 aliphatic carbocycles. The van der Waals surface area contributed by atoms with E-state index in [0.29, 0.717) is 25.7 Å². The monoisotopic (exact) mass is 644 g/mol. The van der Waals surface area contributed by atoms with Crippen LogP contribution < -0.4 is 9.47 Å². The van der Waals surface area contributed by atoms with Crippen molar-refractivity contribution < 1.29 is 19.1 Å². The molecule has 0 radical (unpaired) electrons. The van der Waals surface area contributed by atoms with Gasteiger partial charge >= 0.3 is 0 Å². The Labute approximate surface area is 287 Å². The van der Waals surface area contributed by atoms with Gasteiger partial charge in [0.25, 0.3) is 0 Å². The van der Waals surface area contributed by atoms with Gasteiger partial charge < -0.3 is 9.47 Å². The van der Waals surface area contributed by atoms with E-state index in [4.69, 9.17) is 9.47 Å². The summed E-state index contributed by atoms with van der Waals surface area (Å²) in [7, 11) is 0. The van der Waals surface area contributed by atoms with E-state index in [-0.39, 0.29) is 33.2 Å². The van der Waals surface area contributed by atoms with E-state index >= 15 is 0 Å². The normalized spacial score (nSPS) is 25.0. The minimum Gasteiger partial charge on any atom is -0.474 e. The zero-order valence-electron chi connectivity index (χ0n) is 31.1. The van der Waals surface area contributed by atoms with Crippen molar-refractivity contribution in [1.29, 1.82) is 0 Å². The lowest BCUT2D eigenvalue weighted by Gasteiger charge is -2.35. The summed E-state index contributed by atoms with van der Waals surface area (Å²) in [4.78, 5) is 29.8. The van der Waals surface area contributed by atoms with E-state index in [1.54, 1.807) is 0 Å². The number of hydrogen-bond acceptors (Lipinski definition) is 4. The summed E-state index contributed by atoms with van der Waals surface area (Å²) in [5.74, 6) is 1.52. The summed E-state index contributed by atoms with van der Waals surface area (Å²) < 4.78 is 14.0. The summed E-state index contributed by atoms with van der Waals surface area (Å²) in [6.07, 6.45) is 10.1. The predicted octanol–water partition coefficient (Wildman–Crippen LogP) is 9.39. The Kier molecular flexibility index (Phi) is 6.82. The fourth-order valence-electron chi connectivity index (χ4n) is 7.88. The van der Waals surface area contributed by atoms with Crippen LogP contribution in [0.5, 0.6) is 11.5 Å². The van der Waals surface area contributed by atoms with Gasteiger partial charge in [0.15, 0.2) is 11.2 Å². The molecule has 2 unspecified atom stereocenters. The van der Waals surface area contributed by atoms with E-state index in [1.807, 2.05) is 0 Å². The first kappa shape index (κ1) is 32.9. The molecule has 3 heterocycles. The molecule has 0 amide bonds. The number of carbonyl (C=O) groups excluding carboxylic acids is 2. The molecule has 2 atom stereocenters. The average molecular weight is 645 g/mol. The van der Waals surface area contributed by atoms with Crippen molar-refractivity contribution in [2.45, 2.75) is 131 Å². The second-order valence-electron chi connectivity index (χ2n) is 19.1. The molecule has 5 aliphatic rings. The number of carbonyl (C=O) groups is 2. The van der Waals surface area contributed by atoms with Crippen LogP contribution in [0.15, 0.2) is 70.9 Å². The molecule has 7 rings (SSSR count). The van der Waals surface area contributed by atoms with Crippen molar-refractivity contribution in [2.24, 2.45) is 10.8 Å². The number of allylic oxidation sites excluding steroid dienone is 4. The van der Waals surface area contributed by atoms with Gasteiger partial charge in [-0.05, 0) is 78.3 Å². The van der Waals surface area contributed by atoms with Gasteiger partial charge in [0.05, 0.1) is 0 Å². The molecule has 3 aliphatic heterocycles. The molecule has 0 saturated heterocycles. The molecule has 4 nitrogen and oxygen atoms in total. The minimum absolute atomic E-state index is 0.0139. The van der Waals surface area contributed by atoms with Crippen LogP contribution in [0.25, 0.3) is 0 Å². The number of Topliss-reactive ketones (excluding diaryl/α,β-unsaturated/α-hetero) is 2. The lowest BCUT2D eigenvalue weighted by Crippen LogP contribution is -2.46. The third-order valence-corrected chi connectivity index (χ3v) is 11.0. The van der Waals surface area contributed by atoms with Crippen molar-refractivity contribution in [3.05, 3.63) is 104 Å². The Morgan fingerprint density at radius 1 is 0.500 bits per heavy atom. The average Bonchev–Trinajstić information content (AvgIpc) is 3.50. The van der Waals surface area contributed by atoms with Crippen molar-refractivity contribution in [3.8, 4) is 11.5 Å². The molecule has 6 bridgehead atoms. The van der Waals surface area contributed by atoms with Crippen LogP contribution in [0.4, 0.5) is 0 Å². The van der Waals surface area contributed by atoms with Gasteiger partial charge in [0.1, 0.15) is 11.5 Å². The highest BCUT2D eigenvalue weighted by atomic mass is 16.5. The molecule has 0 saturated carbocycles. The van der Waals surface area contributed by atoms with Gasteiger partial charge in [-0.15, -0.1) is 0 Å². The molecule has 0 fully saturated rings. The third kappa shape index (κ3) is 5.17. The maximum atomic E-state index is 14.9. The predicted molar refractivity (Wildman–Crippen MR) is 193 cm³/mol. The smallest absolute Gasteiger partial charge is 0.207 e. The van der Waals surface area contributed by atoms with Gasteiger partial charge in [-0.25, -0.2) is 0 Å².